The van der Waals surface area contributed by atoms with E-state index in [4.69, 9.17) is 10.5 Å². The van der Waals surface area contributed by atoms with Crippen molar-refractivity contribution < 1.29 is 9.53 Å². The van der Waals surface area contributed by atoms with E-state index in [0.29, 0.717) is 6.04 Å². The molecule has 2 aliphatic rings. The summed E-state index contributed by atoms with van der Waals surface area (Å²) in [6, 6.07) is 10.7. The van der Waals surface area contributed by atoms with Crippen LogP contribution in [0.5, 0.6) is 0 Å². The predicted octanol–water partition coefficient (Wildman–Crippen LogP) is 1.52. The minimum absolute atomic E-state index is 0.000612. The Morgan fingerprint density at radius 1 is 1.33 bits per heavy atom. The molecule has 0 aliphatic carbocycles. The number of carbonyl (C=O) groups excluding carboxylic acids is 1. The highest BCUT2D eigenvalue weighted by Crippen LogP contribution is 2.22. The minimum atomic E-state index is -0.410. The van der Waals surface area contributed by atoms with Crippen molar-refractivity contribution in [1.82, 2.24) is 10.2 Å². The Labute approximate surface area is 144 Å². The van der Waals surface area contributed by atoms with Crippen LogP contribution in [0.1, 0.15) is 31.7 Å². The van der Waals surface area contributed by atoms with Gasteiger partial charge in [-0.2, -0.15) is 0 Å². The van der Waals surface area contributed by atoms with E-state index in [-0.39, 0.29) is 17.9 Å². The van der Waals surface area contributed by atoms with Gasteiger partial charge in [0.2, 0.25) is 5.91 Å². The van der Waals surface area contributed by atoms with Gasteiger partial charge in [-0.05, 0) is 37.7 Å². The van der Waals surface area contributed by atoms with E-state index in [1.165, 1.54) is 5.56 Å². The van der Waals surface area contributed by atoms with E-state index < -0.39 is 6.04 Å². The Hall–Kier alpha value is -1.43. The number of nitrogens with zero attached hydrogens (tertiary/aromatic N) is 1. The van der Waals surface area contributed by atoms with Crippen LogP contribution in [0.4, 0.5) is 0 Å². The largest absolute Gasteiger partial charge is 0.381 e. The molecule has 2 aliphatic heterocycles. The summed E-state index contributed by atoms with van der Waals surface area (Å²) in [5, 5.41) is 3.18. The second-order valence-corrected chi connectivity index (χ2v) is 7.18. The maximum atomic E-state index is 12.5. The number of nitrogens with one attached hydrogen (secondary N) is 1. The molecule has 1 amide bonds. The van der Waals surface area contributed by atoms with E-state index in [1.54, 1.807) is 0 Å². The molecule has 0 spiro atoms. The number of amides is 1. The number of hydrogen-bond donors (Lipinski definition) is 2. The summed E-state index contributed by atoms with van der Waals surface area (Å²) in [5.74, 6) is 0.249. The van der Waals surface area contributed by atoms with Crippen molar-refractivity contribution in [1.29, 1.82) is 0 Å². The second-order valence-electron chi connectivity index (χ2n) is 7.18. The highest BCUT2D eigenvalue weighted by molar-refractivity contribution is 5.82. The van der Waals surface area contributed by atoms with Gasteiger partial charge in [-0.3, -0.25) is 9.69 Å². The van der Waals surface area contributed by atoms with E-state index in [0.717, 1.165) is 45.6 Å². The van der Waals surface area contributed by atoms with Crippen LogP contribution in [0.3, 0.4) is 0 Å². The maximum Gasteiger partial charge on any atom is 0.237 e. The van der Waals surface area contributed by atoms with E-state index in [9.17, 15) is 4.79 Å². The summed E-state index contributed by atoms with van der Waals surface area (Å²) in [4.78, 5) is 14.9. The molecule has 3 rings (SSSR count). The van der Waals surface area contributed by atoms with Crippen molar-refractivity contribution in [2.24, 2.45) is 11.7 Å². The SMILES string of the molecule is CC1CC(NC(=O)C(N)C2CCOCC2)CN1Cc1ccccc1. The fraction of sp³-hybridized carbons (Fsp3) is 0.632. The molecule has 2 fully saturated rings. The Morgan fingerprint density at radius 3 is 2.75 bits per heavy atom. The number of likely N-dealkylation sites (tertiary alicyclic amines) is 1. The van der Waals surface area contributed by atoms with Crippen LogP contribution in [-0.4, -0.2) is 48.7 Å². The van der Waals surface area contributed by atoms with Gasteiger partial charge in [0.25, 0.3) is 0 Å². The molecule has 0 bridgehead atoms. The van der Waals surface area contributed by atoms with Gasteiger partial charge >= 0.3 is 0 Å². The summed E-state index contributed by atoms with van der Waals surface area (Å²) in [6.45, 7) is 5.49. The van der Waals surface area contributed by atoms with Crippen molar-refractivity contribution in [2.75, 3.05) is 19.8 Å². The standard InChI is InChI=1S/C19H29N3O2/c1-14-11-17(13-22(14)12-15-5-3-2-4-6-15)21-19(23)18(20)16-7-9-24-10-8-16/h2-6,14,16-18H,7-13,20H2,1H3,(H,21,23). The summed E-state index contributed by atoms with van der Waals surface area (Å²) >= 11 is 0. The van der Waals surface area contributed by atoms with Gasteiger partial charge in [0.1, 0.15) is 0 Å². The van der Waals surface area contributed by atoms with Crippen LogP contribution in [0.15, 0.2) is 30.3 Å². The third-order valence-electron chi connectivity index (χ3n) is 5.36. The number of carbonyl (C=O) groups is 1. The Morgan fingerprint density at radius 2 is 2.04 bits per heavy atom. The molecule has 2 heterocycles. The average molecular weight is 331 g/mol. The molecule has 5 nitrogen and oxygen atoms in total. The van der Waals surface area contributed by atoms with Crippen molar-refractivity contribution in [3.05, 3.63) is 35.9 Å². The molecule has 132 valence electrons. The van der Waals surface area contributed by atoms with Crippen LogP contribution in [0.25, 0.3) is 0 Å². The van der Waals surface area contributed by atoms with Crippen LogP contribution in [0.2, 0.25) is 0 Å². The lowest BCUT2D eigenvalue weighted by atomic mass is 9.91. The third-order valence-corrected chi connectivity index (χ3v) is 5.36. The molecular weight excluding hydrogens is 302 g/mol. The van der Waals surface area contributed by atoms with Gasteiger partial charge in [0.15, 0.2) is 0 Å². The third kappa shape index (κ3) is 4.35. The van der Waals surface area contributed by atoms with Crippen molar-refractivity contribution in [2.45, 2.75) is 50.9 Å². The molecule has 2 saturated heterocycles. The summed E-state index contributed by atoms with van der Waals surface area (Å²) in [6.07, 6.45) is 2.75. The molecule has 0 radical (unpaired) electrons. The fourth-order valence-corrected chi connectivity index (χ4v) is 3.83. The average Bonchev–Trinajstić information content (AvgIpc) is 2.95. The summed E-state index contributed by atoms with van der Waals surface area (Å²) in [5.41, 5.74) is 7.50. The van der Waals surface area contributed by atoms with Crippen LogP contribution in [-0.2, 0) is 16.1 Å². The van der Waals surface area contributed by atoms with Gasteiger partial charge in [-0.1, -0.05) is 30.3 Å². The van der Waals surface area contributed by atoms with Gasteiger partial charge in [0, 0.05) is 38.4 Å². The molecule has 3 atom stereocenters. The maximum absolute atomic E-state index is 12.5. The quantitative estimate of drug-likeness (QED) is 0.858. The number of rotatable bonds is 5. The first kappa shape index (κ1) is 17.4. The van der Waals surface area contributed by atoms with E-state index >= 15 is 0 Å². The molecular formula is C19H29N3O2. The van der Waals surface area contributed by atoms with Crippen LogP contribution in [0, 0.1) is 5.92 Å². The van der Waals surface area contributed by atoms with Crippen LogP contribution >= 0.6 is 0 Å². The number of nitrogens with two attached hydrogens (primary N) is 1. The van der Waals surface area contributed by atoms with Crippen molar-refractivity contribution >= 4 is 5.91 Å². The first-order valence-electron chi connectivity index (χ1n) is 9.05. The first-order chi connectivity index (χ1) is 11.6. The van der Waals surface area contributed by atoms with Gasteiger partial charge in [-0.15, -0.1) is 0 Å². The Kier molecular flexibility index (Phi) is 5.87. The van der Waals surface area contributed by atoms with Crippen LogP contribution < -0.4 is 11.1 Å². The zero-order chi connectivity index (χ0) is 16.9. The van der Waals surface area contributed by atoms with E-state index in [2.05, 4.69) is 41.4 Å². The van der Waals surface area contributed by atoms with Gasteiger partial charge < -0.3 is 15.8 Å². The molecule has 0 saturated carbocycles. The Balaban J connectivity index is 1.50. The smallest absolute Gasteiger partial charge is 0.237 e. The normalized spacial score (nSPS) is 27.1. The zero-order valence-electron chi connectivity index (χ0n) is 14.5. The predicted molar refractivity (Wildman–Crippen MR) is 94.4 cm³/mol. The lowest BCUT2D eigenvalue weighted by Crippen LogP contribution is -2.50. The molecule has 3 unspecified atom stereocenters. The highest BCUT2D eigenvalue weighted by Gasteiger charge is 2.33. The summed E-state index contributed by atoms with van der Waals surface area (Å²) < 4.78 is 5.35. The monoisotopic (exact) mass is 331 g/mol. The highest BCUT2D eigenvalue weighted by atomic mass is 16.5. The molecule has 1 aromatic rings. The topological polar surface area (TPSA) is 67.6 Å². The fourth-order valence-electron chi connectivity index (χ4n) is 3.83. The molecule has 1 aromatic carbocycles. The first-order valence-corrected chi connectivity index (χ1v) is 9.05. The number of hydrogen-bond acceptors (Lipinski definition) is 4. The number of benzene rings is 1. The molecule has 5 heteroatoms. The van der Waals surface area contributed by atoms with E-state index in [1.807, 2.05) is 6.07 Å². The molecule has 0 aromatic heterocycles. The lowest BCUT2D eigenvalue weighted by molar-refractivity contribution is -0.125. The molecule has 3 N–H and O–H groups in total. The number of ether oxygens (including phenoxy) is 1. The minimum Gasteiger partial charge on any atom is -0.381 e. The zero-order valence-corrected chi connectivity index (χ0v) is 14.5. The second kappa shape index (κ2) is 8.10. The van der Waals surface area contributed by atoms with Gasteiger partial charge in [0.05, 0.1) is 6.04 Å². The molecule has 24 heavy (non-hydrogen) atoms. The van der Waals surface area contributed by atoms with Crippen molar-refractivity contribution in [3.63, 3.8) is 0 Å². The Bertz CT molecular complexity index is 531. The van der Waals surface area contributed by atoms with Crippen molar-refractivity contribution in [3.8, 4) is 0 Å². The van der Waals surface area contributed by atoms with Gasteiger partial charge in [-0.25, -0.2) is 0 Å². The lowest BCUT2D eigenvalue weighted by Gasteiger charge is -2.27. The summed E-state index contributed by atoms with van der Waals surface area (Å²) in [7, 11) is 0.